The van der Waals surface area contributed by atoms with Crippen LogP contribution in [0, 0.1) is 6.92 Å². The maximum Gasteiger partial charge on any atom is 0.340 e. The van der Waals surface area contributed by atoms with Gasteiger partial charge in [0.05, 0.1) is 24.8 Å². The number of methoxy groups -OCH3 is 1. The minimum atomic E-state index is -0.400. The van der Waals surface area contributed by atoms with Crippen molar-refractivity contribution in [1.29, 1.82) is 0 Å². The van der Waals surface area contributed by atoms with E-state index in [0.29, 0.717) is 23.2 Å². The van der Waals surface area contributed by atoms with Crippen LogP contribution in [-0.4, -0.2) is 43.3 Å². The zero-order chi connectivity index (χ0) is 25.5. The topological polar surface area (TPSA) is 78.8 Å². The smallest absolute Gasteiger partial charge is 0.340 e. The van der Waals surface area contributed by atoms with E-state index in [2.05, 4.69) is 5.32 Å². The molecule has 1 aromatic heterocycles. The highest BCUT2D eigenvalue weighted by atomic mass is 16.5. The summed E-state index contributed by atoms with van der Waals surface area (Å²) in [6.45, 7) is 4.35. The Morgan fingerprint density at radius 1 is 0.944 bits per heavy atom. The number of nitrogens with zero attached hydrogens (tertiary/aromatic N) is 1. The van der Waals surface area contributed by atoms with Gasteiger partial charge in [-0.1, -0.05) is 30.3 Å². The Bertz CT molecular complexity index is 1340. The molecule has 3 aromatic carbocycles. The minimum Gasteiger partial charge on any atom is -0.497 e. The zero-order valence-electron chi connectivity index (χ0n) is 20.7. The number of ether oxygens (including phenoxy) is 3. The quantitative estimate of drug-likeness (QED) is 0.324. The maximum absolute atomic E-state index is 12.9. The second-order valence-corrected chi connectivity index (χ2v) is 8.27. The number of fused-ring (bicyclic) bond motifs is 1. The van der Waals surface area contributed by atoms with Crippen LogP contribution in [0.4, 0.5) is 0 Å². The second-order valence-electron chi connectivity index (χ2n) is 8.27. The standard InChI is InChI=1S/C29H30N2O5/c1-4-35-29(33)28-20(2)31(22-10-12-23(34-3)13-11-22)26-15-14-24(18-25(26)28)36-19-27(32)30-17-16-21-8-6-5-7-9-21/h5-15,18H,4,16-17,19H2,1-3H3,(H,30,32). The number of benzene rings is 3. The molecule has 4 rings (SSSR count). The van der Waals surface area contributed by atoms with Crippen molar-refractivity contribution in [3.8, 4) is 17.2 Å². The van der Waals surface area contributed by atoms with Crippen LogP contribution in [0.1, 0.15) is 28.5 Å². The van der Waals surface area contributed by atoms with Gasteiger partial charge < -0.3 is 24.1 Å². The van der Waals surface area contributed by atoms with E-state index in [-0.39, 0.29) is 19.1 Å². The van der Waals surface area contributed by atoms with Crippen LogP contribution in [0.3, 0.4) is 0 Å². The van der Waals surface area contributed by atoms with E-state index >= 15 is 0 Å². The average Bonchev–Trinajstić information content (AvgIpc) is 3.19. The number of rotatable bonds is 10. The summed E-state index contributed by atoms with van der Waals surface area (Å²) < 4.78 is 18.4. The molecular weight excluding hydrogens is 456 g/mol. The van der Waals surface area contributed by atoms with Crippen molar-refractivity contribution in [2.24, 2.45) is 0 Å². The lowest BCUT2D eigenvalue weighted by molar-refractivity contribution is -0.123. The third kappa shape index (κ3) is 5.51. The number of hydrogen-bond acceptors (Lipinski definition) is 5. The maximum atomic E-state index is 12.9. The molecular formula is C29H30N2O5. The minimum absolute atomic E-state index is 0.118. The molecule has 7 nitrogen and oxygen atoms in total. The van der Waals surface area contributed by atoms with Crippen molar-refractivity contribution in [3.05, 3.63) is 89.6 Å². The van der Waals surface area contributed by atoms with Crippen molar-refractivity contribution in [2.45, 2.75) is 20.3 Å². The van der Waals surface area contributed by atoms with Crippen LogP contribution in [0.2, 0.25) is 0 Å². The first kappa shape index (κ1) is 24.9. The first-order chi connectivity index (χ1) is 17.5. The molecule has 0 fully saturated rings. The fraction of sp³-hybridized carbons (Fsp3) is 0.241. The molecule has 1 N–H and O–H groups in total. The van der Waals surface area contributed by atoms with Crippen molar-refractivity contribution in [1.82, 2.24) is 9.88 Å². The third-order valence-corrected chi connectivity index (χ3v) is 5.93. The van der Waals surface area contributed by atoms with Crippen molar-refractivity contribution in [2.75, 3.05) is 26.9 Å². The van der Waals surface area contributed by atoms with Crippen LogP contribution in [0.15, 0.2) is 72.8 Å². The van der Waals surface area contributed by atoms with Crippen LogP contribution >= 0.6 is 0 Å². The van der Waals surface area contributed by atoms with E-state index in [0.717, 1.165) is 34.6 Å². The van der Waals surface area contributed by atoms with E-state index in [1.807, 2.05) is 72.2 Å². The summed E-state index contributed by atoms with van der Waals surface area (Å²) in [5, 5.41) is 3.57. The summed E-state index contributed by atoms with van der Waals surface area (Å²) >= 11 is 0. The molecule has 36 heavy (non-hydrogen) atoms. The molecule has 0 radical (unpaired) electrons. The Kier molecular flexibility index (Phi) is 7.90. The molecule has 0 aliphatic carbocycles. The molecule has 0 atom stereocenters. The molecule has 0 aliphatic rings. The lowest BCUT2D eigenvalue weighted by Crippen LogP contribution is -2.30. The van der Waals surface area contributed by atoms with Gasteiger partial charge in [0, 0.05) is 23.3 Å². The van der Waals surface area contributed by atoms with Gasteiger partial charge in [0.1, 0.15) is 11.5 Å². The lowest BCUT2D eigenvalue weighted by Gasteiger charge is -2.10. The van der Waals surface area contributed by atoms with Gasteiger partial charge in [0.15, 0.2) is 6.61 Å². The molecule has 1 heterocycles. The number of aromatic nitrogens is 1. The molecule has 1 amide bonds. The summed E-state index contributed by atoms with van der Waals surface area (Å²) in [5.41, 5.74) is 4.11. The van der Waals surface area contributed by atoms with Gasteiger partial charge in [-0.25, -0.2) is 4.79 Å². The number of hydrogen-bond donors (Lipinski definition) is 1. The summed E-state index contributed by atoms with van der Waals surface area (Å²) in [6, 6.07) is 23.1. The van der Waals surface area contributed by atoms with Gasteiger partial charge in [-0.2, -0.15) is 0 Å². The Hall–Kier alpha value is -4.26. The molecule has 7 heteroatoms. The molecule has 0 bridgehead atoms. The normalized spacial score (nSPS) is 10.8. The number of carbonyl (C=O) groups excluding carboxylic acids is 2. The monoisotopic (exact) mass is 486 g/mol. The van der Waals surface area contributed by atoms with Gasteiger partial charge in [0.2, 0.25) is 0 Å². The summed E-state index contributed by atoms with van der Waals surface area (Å²) in [7, 11) is 1.62. The van der Waals surface area contributed by atoms with E-state index in [1.165, 1.54) is 0 Å². The van der Waals surface area contributed by atoms with Crippen LogP contribution in [0.5, 0.6) is 11.5 Å². The van der Waals surface area contributed by atoms with Crippen molar-refractivity contribution < 1.29 is 23.8 Å². The molecule has 0 spiro atoms. The molecule has 186 valence electrons. The average molecular weight is 487 g/mol. The molecule has 4 aromatic rings. The van der Waals surface area contributed by atoms with Crippen molar-refractivity contribution >= 4 is 22.8 Å². The molecule has 0 saturated heterocycles. The predicted octanol–water partition coefficient (Wildman–Crippen LogP) is 4.86. The van der Waals surface area contributed by atoms with Crippen LogP contribution in [0.25, 0.3) is 16.6 Å². The SMILES string of the molecule is CCOC(=O)c1c(C)n(-c2ccc(OC)cc2)c2ccc(OCC(=O)NCCc3ccccc3)cc12. The fourth-order valence-corrected chi connectivity index (χ4v) is 4.20. The second kappa shape index (κ2) is 11.4. The molecule has 0 saturated carbocycles. The molecule has 0 unspecified atom stereocenters. The van der Waals surface area contributed by atoms with E-state index in [4.69, 9.17) is 14.2 Å². The van der Waals surface area contributed by atoms with Gasteiger partial charge in [0.25, 0.3) is 5.91 Å². The van der Waals surface area contributed by atoms with E-state index in [9.17, 15) is 9.59 Å². The highest BCUT2D eigenvalue weighted by Gasteiger charge is 2.22. The number of carbonyl (C=O) groups is 2. The van der Waals surface area contributed by atoms with Crippen molar-refractivity contribution in [3.63, 3.8) is 0 Å². The highest BCUT2D eigenvalue weighted by Crippen LogP contribution is 2.33. The Morgan fingerprint density at radius 2 is 1.67 bits per heavy atom. The zero-order valence-corrected chi connectivity index (χ0v) is 20.7. The van der Waals surface area contributed by atoms with E-state index in [1.54, 1.807) is 26.2 Å². The number of nitrogens with one attached hydrogen (secondary N) is 1. The van der Waals surface area contributed by atoms with Gasteiger partial charge in [-0.15, -0.1) is 0 Å². The Morgan fingerprint density at radius 3 is 2.36 bits per heavy atom. The first-order valence-electron chi connectivity index (χ1n) is 11.9. The Labute approximate surface area is 210 Å². The number of amides is 1. The molecule has 0 aliphatic heterocycles. The summed E-state index contributed by atoms with van der Waals surface area (Å²) in [4.78, 5) is 25.2. The van der Waals surface area contributed by atoms with Gasteiger partial charge in [-0.3, -0.25) is 4.79 Å². The fourth-order valence-electron chi connectivity index (χ4n) is 4.20. The van der Waals surface area contributed by atoms with Gasteiger partial charge in [-0.05, 0) is 68.3 Å². The largest absolute Gasteiger partial charge is 0.497 e. The van der Waals surface area contributed by atoms with Gasteiger partial charge >= 0.3 is 5.97 Å². The number of esters is 1. The third-order valence-electron chi connectivity index (χ3n) is 5.93. The Balaban J connectivity index is 1.54. The summed E-state index contributed by atoms with van der Waals surface area (Å²) in [6.07, 6.45) is 0.750. The predicted molar refractivity (Wildman–Crippen MR) is 139 cm³/mol. The first-order valence-corrected chi connectivity index (χ1v) is 11.9. The summed E-state index contributed by atoms with van der Waals surface area (Å²) in [5.74, 6) is 0.640. The van der Waals surface area contributed by atoms with E-state index < -0.39 is 5.97 Å². The van der Waals surface area contributed by atoms with Crippen LogP contribution < -0.4 is 14.8 Å². The highest BCUT2D eigenvalue weighted by molar-refractivity contribution is 6.07. The lowest BCUT2D eigenvalue weighted by atomic mass is 10.1. The van der Waals surface area contributed by atoms with Crippen LogP contribution in [-0.2, 0) is 16.0 Å².